The molecule has 5 nitrogen and oxygen atoms in total. The Morgan fingerprint density at radius 3 is 2.59 bits per heavy atom. The predicted molar refractivity (Wildman–Crippen MR) is 104 cm³/mol. The van der Waals surface area contributed by atoms with Crippen molar-refractivity contribution < 1.29 is 13.9 Å². The number of halogens is 3. The molecule has 1 atom stereocenters. The summed E-state index contributed by atoms with van der Waals surface area (Å²) in [5, 5.41) is 3.63. The Labute approximate surface area is 165 Å². The van der Waals surface area contributed by atoms with E-state index < -0.39 is 17.8 Å². The Kier molecular flexibility index (Phi) is 5.68. The molecule has 0 bridgehead atoms. The van der Waals surface area contributed by atoms with Crippen molar-refractivity contribution in [3.05, 3.63) is 75.0 Å². The zero-order valence-corrected chi connectivity index (χ0v) is 15.8. The average molecular weight is 408 g/mol. The topological polar surface area (TPSA) is 76.7 Å². The second-order valence-corrected chi connectivity index (χ2v) is 6.64. The van der Waals surface area contributed by atoms with Gasteiger partial charge in [0, 0.05) is 15.6 Å². The second kappa shape index (κ2) is 7.98. The van der Waals surface area contributed by atoms with E-state index in [2.05, 4.69) is 10.3 Å². The summed E-state index contributed by atoms with van der Waals surface area (Å²) < 4.78 is 19.0. The highest BCUT2D eigenvalue weighted by molar-refractivity contribution is 6.34. The molecule has 0 amide bonds. The molecule has 1 aliphatic heterocycles. The van der Waals surface area contributed by atoms with Gasteiger partial charge in [-0.1, -0.05) is 35.3 Å². The van der Waals surface area contributed by atoms with Crippen LogP contribution in [-0.2, 0) is 9.53 Å². The van der Waals surface area contributed by atoms with Crippen LogP contribution in [0.15, 0.2) is 53.0 Å². The van der Waals surface area contributed by atoms with Gasteiger partial charge in [-0.25, -0.2) is 14.2 Å². The maximum Gasteiger partial charge on any atom is 0.338 e. The highest BCUT2D eigenvalue weighted by Gasteiger charge is 2.32. The number of nitrogens with one attached hydrogen (secondary N) is 1. The molecule has 0 saturated heterocycles. The molecule has 140 valence electrons. The maximum atomic E-state index is 13.8. The first-order chi connectivity index (χ1) is 12.9. The van der Waals surface area contributed by atoms with Gasteiger partial charge in [0.15, 0.2) is 5.96 Å². The third kappa shape index (κ3) is 4.23. The lowest BCUT2D eigenvalue weighted by molar-refractivity contribution is -0.138. The minimum absolute atomic E-state index is 0.0726. The third-order valence-electron chi connectivity index (χ3n) is 3.87. The van der Waals surface area contributed by atoms with Gasteiger partial charge in [0.1, 0.15) is 11.9 Å². The summed E-state index contributed by atoms with van der Waals surface area (Å²) in [6, 6.07) is 9.85. The van der Waals surface area contributed by atoms with Gasteiger partial charge >= 0.3 is 5.97 Å². The summed E-state index contributed by atoms with van der Waals surface area (Å²) in [5.74, 6) is -0.974. The van der Waals surface area contributed by atoms with Gasteiger partial charge < -0.3 is 15.8 Å². The van der Waals surface area contributed by atoms with Gasteiger partial charge in [0.2, 0.25) is 0 Å². The number of carbonyl (C=O) groups is 1. The third-order valence-corrected chi connectivity index (χ3v) is 4.31. The number of benzene rings is 2. The number of esters is 1. The Morgan fingerprint density at radius 2 is 1.96 bits per heavy atom. The Hall–Kier alpha value is -2.57. The molecular formula is C19H16Cl2FN3O2. The first-order valence-electron chi connectivity index (χ1n) is 8.12. The molecular weight excluding hydrogens is 392 g/mol. The summed E-state index contributed by atoms with van der Waals surface area (Å²) in [7, 11) is 0. The fourth-order valence-corrected chi connectivity index (χ4v) is 3.38. The van der Waals surface area contributed by atoms with Crippen molar-refractivity contribution in [2.45, 2.75) is 13.0 Å². The smallest absolute Gasteiger partial charge is 0.338 e. The minimum Gasteiger partial charge on any atom is -0.463 e. The number of rotatable bonds is 4. The molecule has 2 aromatic carbocycles. The van der Waals surface area contributed by atoms with Crippen molar-refractivity contribution in [2.75, 3.05) is 6.61 Å². The summed E-state index contributed by atoms with van der Waals surface area (Å²) in [6.07, 6.45) is 0. The van der Waals surface area contributed by atoms with E-state index in [0.29, 0.717) is 26.9 Å². The molecule has 0 radical (unpaired) electrons. The van der Waals surface area contributed by atoms with E-state index in [-0.39, 0.29) is 18.1 Å². The predicted octanol–water partition coefficient (Wildman–Crippen LogP) is 4.07. The highest BCUT2D eigenvalue weighted by Crippen LogP contribution is 2.36. The maximum absolute atomic E-state index is 13.8. The first-order valence-corrected chi connectivity index (χ1v) is 8.88. The van der Waals surface area contributed by atoms with Crippen molar-refractivity contribution in [3.8, 4) is 0 Å². The number of carbonyl (C=O) groups excluding carboxylic acids is 1. The standard InChI is InChI=1S/C19H16Cl2FN3O2/c1-2-27-18(26)15-16(10-4-3-5-14(22)8-10)24-19(23)25-17(15)11-6-12(20)9-13(21)7-11/h3-9,17H,2H2,1H3,(H3,23,24,25). The van der Waals surface area contributed by atoms with E-state index in [1.807, 2.05) is 0 Å². The van der Waals surface area contributed by atoms with E-state index in [9.17, 15) is 9.18 Å². The Balaban J connectivity index is 2.22. The van der Waals surface area contributed by atoms with Crippen LogP contribution < -0.4 is 11.1 Å². The quantitative estimate of drug-likeness (QED) is 0.748. The van der Waals surface area contributed by atoms with Crippen LogP contribution >= 0.6 is 23.2 Å². The molecule has 0 aromatic heterocycles. The molecule has 27 heavy (non-hydrogen) atoms. The zero-order chi connectivity index (χ0) is 19.6. The van der Waals surface area contributed by atoms with Crippen molar-refractivity contribution in [1.29, 1.82) is 0 Å². The normalized spacial score (nSPS) is 16.6. The summed E-state index contributed by atoms with van der Waals surface area (Å²) in [4.78, 5) is 17.1. The lowest BCUT2D eigenvalue weighted by atomic mass is 9.93. The fourth-order valence-electron chi connectivity index (χ4n) is 2.84. The minimum atomic E-state index is -0.806. The van der Waals surface area contributed by atoms with Crippen LogP contribution in [0.3, 0.4) is 0 Å². The largest absolute Gasteiger partial charge is 0.463 e. The van der Waals surface area contributed by atoms with E-state index in [1.165, 1.54) is 18.2 Å². The molecule has 0 aliphatic carbocycles. The van der Waals surface area contributed by atoms with Crippen LogP contribution in [0.5, 0.6) is 0 Å². The molecule has 1 heterocycles. The molecule has 0 fully saturated rings. The number of ether oxygens (including phenoxy) is 1. The van der Waals surface area contributed by atoms with E-state index in [1.54, 1.807) is 31.2 Å². The van der Waals surface area contributed by atoms with Crippen LogP contribution in [0, 0.1) is 5.82 Å². The molecule has 3 rings (SSSR count). The summed E-state index contributed by atoms with van der Waals surface area (Å²) >= 11 is 12.2. The van der Waals surface area contributed by atoms with Gasteiger partial charge in [0.05, 0.1) is 17.9 Å². The number of aliphatic imine (C=N–C) groups is 1. The molecule has 1 unspecified atom stereocenters. The van der Waals surface area contributed by atoms with Crippen LogP contribution in [-0.4, -0.2) is 18.5 Å². The number of hydrogen-bond donors (Lipinski definition) is 2. The number of guanidine groups is 1. The Morgan fingerprint density at radius 1 is 1.26 bits per heavy atom. The zero-order valence-electron chi connectivity index (χ0n) is 14.3. The average Bonchev–Trinajstić information content (AvgIpc) is 2.60. The van der Waals surface area contributed by atoms with Crippen molar-refractivity contribution >= 4 is 40.8 Å². The van der Waals surface area contributed by atoms with Gasteiger partial charge in [-0.2, -0.15) is 0 Å². The van der Waals surface area contributed by atoms with Crippen molar-refractivity contribution in [2.24, 2.45) is 10.7 Å². The van der Waals surface area contributed by atoms with Crippen LogP contribution in [0.1, 0.15) is 24.1 Å². The first kappa shape index (κ1) is 19.2. The van der Waals surface area contributed by atoms with E-state index in [4.69, 9.17) is 33.7 Å². The Bertz CT molecular complexity index is 939. The van der Waals surface area contributed by atoms with Crippen molar-refractivity contribution in [1.82, 2.24) is 5.32 Å². The number of nitrogens with two attached hydrogens (primary N) is 1. The summed E-state index contributed by atoms with van der Waals surface area (Å²) in [6.45, 7) is 1.86. The van der Waals surface area contributed by atoms with E-state index >= 15 is 0 Å². The van der Waals surface area contributed by atoms with Gasteiger partial charge in [-0.3, -0.25) is 0 Å². The van der Waals surface area contributed by atoms with Gasteiger partial charge in [0.25, 0.3) is 0 Å². The second-order valence-electron chi connectivity index (χ2n) is 5.76. The molecule has 8 heteroatoms. The molecule has 0 spiro atoms. The lowest BCUT2D eigenvalue weighted by Crippen LogP contribution is -2.37. The fraction of sp³-hybridized carbons (Fsp3) is 0.158. The lowest BCUT2D eigenvalue weighted by Gasteiger charge is -2.26. The van der Waals surface area contributed by atoms with E-state index in [0.717, 1.165) is 0 Å². The van der Waals surface area contributed by atoms with Crippen LogP contribution in [0.4, 0.5) is 4.39 Å². The highest BCUT2D eigenvalue weighted by atomic mass is 35.5. The van der Waals surface area contributed by atoms with Gasteiger partial charge in [-0.15, -0.1) is 0 Å². The number of nitrogens with zero attached hydrogens (tertiary/aromatic N) is 1. The summed E-state index contributed by atoms with van der Waals surface area (Å²) in [5.41, 5.74) is 7.45. The molecule has 2 aromatic rings. The monoisotopic (exact) mass is 407 g/mol. The van der Waals surface area contributed by atoms with Crippen LogP contribution in [0.25, 0.3) is 5.70 Å². The van der Waals surface area contributed by atoms with Crippen molar-refractivity contribution in [3.63, 3.8) is 0 Å². The SMILES string of the molecule is CCOC(=O)C1=C(c2cccc(F)c2)NC(N)=NC1c1cc(Cl)cc(Cl)c1. The van der Waals surface area contributed by atoms with Crippen LogP contribution in [0.2, 0.25) is 10.0 Å². The number of hydrogen-bond acceptors (Lipinski definition) is 5. The molecule has 0 saturated carbocycles. The molecule has 1 aliphatic rings. The molecule has 3 N–H and O–H groups in total. The van der Waals surface area contributed by atoms with Gasteiger partial charge in [-0.05, 0) is 42.8 Å².